The van der Waals surface area contributed by atoms with Crippen molar-refractivity contribution in [2.24, 2.45) is 0 Å². The molecule has 0 bridgehead atoms. The highest BCUT2D eigenvalue weighted by Crippen LogP contribution is 2.27. The first kappa shape index (κ1) is 22.4. The lowest BCUT2D eigenvalue weighted by Crippen LogP contribution is -2.24. The van der Waals surface area contributed by atoms with Crippen LogP contribution in [0.15, 0.2) is 96.4 Å². The first-order valence-corrected chi connectivity index (χ1v) is 11.6. The minimum Gasteiger partial charge on any atom is -0.438 e. The zero-order valence-corrected chi connectivity index (χ0v) is 19.8. The molecule has 10 heteroatoms. The number of aromatic amines is 1. The number of halogens is 1. The summed E-state index contributed by atoms with van der Waals surface area (Å²) in [6.07, 6.45) is 6.26. The Bertz CT molecular complexity index is 1830. The molecule has 0 saturated heterocycles. The lowest BCUT2D eigenvalue weighted by molar-refractivity contribution is 0.102. The average Bonchev–Trinajstić information content (AvgIpc) is 3.41. The van der Waals surface area contributed by atoms with Gasteiger partial charge in [0.15, 0.2) is 0 Å². The molecule has 180 valence electrons. The lowest BCUT2D eigenvalue weighted by atomic mass is 10.1. The van der Waals surface area contributed by atoms with E-state index in [1.807, 2.05) is 6.07 Å². The van der Waals surface area contributed by atoms with Crippen LogP contribution in [0.25, 0.3) is 27.8 Å². The first-order chi connectivity index (χ1) is 18.1. The van der Waals surface area contributed by atoms with Gasteiger partial charge in [-0.3, -0.25) is 9.59 Å². The average molecular weight is 509 g/mol. The fourth-order valence-corrected chi connectivity index (χ4v) is 4.09. The standard InChI is InChI=1S/C27H17ClN6O3/c28-16-3-7-18(8-4-16)34-14-22(23(35)20-2-1-12-30-25(20)34)26(36)33-17-5-9-19(10-6-17)37-27-21-11-13-29-24(21)31-15-32-27/h1-15H,(H,33,36)(H,29,31,32). The van der Waals surface area contributed by atoms with Crippen molar-refractivity contribution >= 4 is 45.3 Å². The Hall–Kier alpha value is -5.02. The number of nitrogens with zero attached hydrogens (tertiary/aromatic N) is 4. The maximum Gasteiger partial charge on any atom is 0.261 e. The molecule has 0 aliphatic carbocycles. The van der Waals surface area contributed by atoms with E-state index in [9.17, 15) is 9.59 Å². The molecule has 0 aliphatic rings. The third-order valence-corrected chi connectivity index (χ3v) is 6.01. The molecule has 6 aromatic rings. The Kier molecular flexibility index (Phi) is 5.59. The fraction of sp³-hybridized carbons (Fsp3) is 0. The number of rotatable bonds is 5. The molecule has 0 spiro atoms. The van der Waals surface area contributed by atoms with Crippen molar-refractivity contribution in [1.29, 1.82) is 0 Å². The second-order valence-electron chi connectivity index (χ2n) is 8.09. The second-order valence-corrected chi connectivity index (χ2v) is 8.53. The van der Waals surface area contributed by atoms with Gasteiger partial charge in [-0.25, -0.2) is 15.0 Å². The van der Waals surface area contributed by atoms with Gasteiger partial charge in [0.1, 0.15) is 28.9 Å². The molecular formula is C27H17ClN6O3. The number of nitrogens with one attached hydrogen (secondary N) is 2. The number of hydrogen-bond donors (Lipinski definition) is 2. The monoisotopic (exact) mass is 508 g/mol. The minimum absolute atomic E-state index is 0.0217. The Morgan fingerprint density at radius 3 is 2.57 bits per heavy atom. The van der Waals surface area contributed by atoms with Gasteiger partial charge in [-0.2, -0.15) is 0 Å². The van der Waals surface area contributed by atoms with Gasteiger partial charge >= 0.3 is 0 Å². The first-order valence-electron chi connectivity index (χ1n) is 11.2. The van der Waals surface area contributed by atoms with Crippen molar-refractivity contribution in [3.63, 3.8) is 0 Å². The Morgan fingerprint density at radius 1 is 0.946 bits per heavy atom. The summed E-state index contributed by atoms with van der Waals surface area (Å²) in [7, 11) is 0. The predicted molar refractivity (Wildman–Crippen MR) is 141 cm³/mol. The molecule has 37 heavy (non-hydrogen) atoms. The van der Waals surface area contributed by atoms with Crippen LogP contribution in [0.2, 0.25) is 5.02 Å². The van der Waals surface area contributed by atoms with E-state index in [0.717, 1.165) is 5.39 Å². The number of amides is 1. The molecule has 4 aromatic heterocycles. The van der Waals surface area contributed by atoms with Gasteiger partial charge in [-0.15, -0.1) is 0 Å². The number of anilines is 1. The molecular weight excluding hydrogens is 492 g/mol. The Labute approximate surface area is 214 Å². The summed E-state index contributed by atoms with van der Waals surface area (Å²) in [5.74, 6) is 0.397. The summed E-state index contributed by atoms with van der Waals surface area (Å²) in [4.78, 5) is 42.1. The van der Waals surface area contributed by atoms with Crippen LogP contribution in [0.5, 0.6) is 11.6 Å². The van der Waals surface area contributed by atoms with Crippen LogP contribution in [-0.2, 0) is 0 Å². The van der Waals surface area contributed by atoms with E-state index in [-0.39, 0.29) is 5.56 Å². The number of carbonyl (C=O) groups excluding carboxylic acids is 1. The van der Waals surface area contributed by atoms with Crippen molar-refractivity contribution in [3.05, 3.63) is 112 Å². The quantitative estimate of drug-likeness (QED) is 0.324. The number of carbonyl (C=O) groups is 1. The van der Waals surface area contributed by atoms with Gasteiger partial charge in [0.05, 0.1) is 10.8 Å². The number of ether oxygens (including phenoxy) is 1. The van der Waals surface area contributed by atoms with Crippen LogP contribution in [0.1, 0.15) is 10.4 Å². The summed E-state index contributed by atoms with van der Waals surface area (Å²) in [6.45, 7) is 0. The normalized spacial score (nSPS) is 11.1. The summed E-state index contributed by atoms with van der Waals surface area (Å²) in [6, 6.07) is 19.0. The van der Waals surface area contributed by atoms with Gasteiger partial charge in [0, 0.05) is 35.0 Å². The zero-order valence-electron chi connectivity index (χ0n) is 19.1. The fourth-order valence-electron chi connectivity index (χ4n) is 3.97. The van der Waals surface area contributed by atoms with E-state index in [4.69, 9.17) is 16.3 Å². The Morgan fingerprint density at radius 2 is 1.76 bits per heavy atom. The van der Waals surface area contributed by atoms with Crippen LogP contribution in [0.4, 0.5) is 5.69 Å². The largest absolute Gasteiger partial charge is 0.438 e. The third kappa shape index (κ3) is 4.28. The maximum absolute atomic E-state index is 13.2. The van der Waals surface area contributed by atoms with E-state index in [0.29, 0.717) is 44.7 Å². The Balaban J connectivity index is 1.29. The van der Waals surface area contributed by atoms with E-state index >= 15 is 0 Å². The van der Waals surface area contributed by atoms with Gasteiger partial charge in [-0.05, 0) is 66.7 Å². The lowest BCUT2D eigenvalue weighted by Gasteiger charge is -2.13. The molecule has 1 amide bonds. The van der Waals surface area contributed by atoms with Gasteiger partial charge in [-0.1, -0.05) is 11.6 Å². The summed E-state index contributed by atoms with van der Waals surface area (Å²) in [5.41, 5.74) is 1.88. The van der Waals surface area contributed by atoms with Crippen molar-refractivity contribution in [2.75, 3.05) is 5.32 Å². The highest BCUT2D eigenvalue weighted by atomic mass is 35.5. The smallest absolute Gasteiger partial charge is 0.261 e. The topological polar surface area (TPSA) is 115 Å². The maximum atomic E-state index is 13.2. The number of hydrogen-bond acceptors (Lipinski definition) is 6. The minimum atomic E-state index is -0.544. The van der Waals surface area contributed by atoms with Crippen molar-refractivity contribution in [3.8, 4) is 17.3 Å². The van der Waals surface area contributed by atoms with Crippen molar-refractivity contribution < 1.29 is 9.53 Å². The van der Waals surface area contributed by atoms with Gasteiger partial charge in [0.25, 0.3) is 5.91 Å². The highest BCUT2D eigenvalue weighted by Gasteiger charge is 2.17. The van der Waals surface area contributed by atoms with Crippen molar-refractivity contribution in [2.45, 2.75) is 0 Å². The van der Waals surface area contributed by atoms with Crippen molar-refractivity contribution in [1.82, 2.24) is 24.5 Å². The van der Waals surface area contributed by atoms with Gasteiger partial charge in [0.2, 0.25) is 11.3 Å². The van der Waals surface area contributed by atoms with E-state index < -0.39 is 11.3 Å². The number of benzene rings is 2. The molecule has 6 rings (SSSR count). The molecule has 0 unspecified atom stereocenters. The summed E-state index contributed by atoms with van der Waals surface area (Å²) >= 11 is 6.04. The molecule has 4 heterocycles. The molecule has 0 aliphatic heterocycles. The summed E-state index contributed by atoms with van der Waals surface area (Å²) in [5, 5.41) is 4.44. The number of H-pyrrole nitrogens is 1. The van der Waals surface area contributed by atoms with Gasteiger partial charge < -0.3 is 19.6 Å². The zero-order chi connectivity index (χ0) is 25.4. The molecule has 0 fully saturated rings. The number of aromatic nitrogens is 5. The third-order valence-electron chi connectivity index (χ3n) is 5.76. The molecule has 2 N–H and O–H groups in total. The van der Waals surface area contributed by atoms with E-state index in [1.165, 1.54) is 12.5 Å². The van der Waals surface area contributed by atoms with E-state index in [1.54, 1.807) is 77.6 Å². The summed E-state index contributed by atoms with van der Waals surface area (Å²) < 4.78 is 7.58. The molecule has 0 atom stereocenters. The molecule has 0 radical (unpaired) electrons. The van der Waals surface area contributed by atoms with E-state index in [2.05, 4.69) is 25.3 Å². The van der Waals surface area contributed by atoms with Crippen LogP contribution in [0.3, 0.4) is 0 Å². The number of fused-ring (bicyclic) bond motifs is 2. The predicted octanol–water partition coefficient (Wildman–Crippen LogP) is 5.36. The molecule has 2 aromatic carbocycles. The molecule has 0 saturated carbocycles. The van der Waals surface area contributed by atoms with Crippen LogP contribution in [-0.4, -0.2) is 30.4 Å². The van der Waals surface area contributed by atoms with Crippen LogP contribution in [0, 0.1) is 0 Å². The van der Waals surface area contributed by atoms with Crippen LogP contribution < -0.4 is 15.5 Å². The molecule has 9 nitrogen and oxygen atoms in total. The number of pyridine rings is 2. The second kappa shape index (κ2) is 9.21. The highest BCUT2D eigenvalue weighted by molar-refractivity contribution is 6.30. The SMILES string of the molecule is O=C(Nc1ccc(Oc2ncnc3[nH]ccc23)cc1)c1cn(-c2ccc(Cl)cc2)c2ncccc2c1=O. The van der Waals surface area contributed by atoms with Crippen LogP contribution >= 0.6 is 11.6 Å².